The van der Waals surface area contributed by atoms with Crippen LogP contribution in [0.25, 0.3) is 23.1 Å². The Balaban J connectivity index is 1.55. The highest BCUT2D eigenvalue weighted by molar-refractivity contribution is 9.10. The third-order valence-electron chi connectivity index (χ3n) is 7.43. The van der Waals surface area contributed by atoms with Gasteiger partial charge in [0.2, 0.25) is 0 Å². The Morgan fingerprint density at radius 2 is 1.83 bits per heavy atom. The zero-order valence-corrected chi connectivity index (χ0v) is 27.7. The first kappa shape index (κ1) is 31.7. The molecule has 5 aromatic rings. The molecule has 11 nitrogen and oxygen atoms in total. The van der Waals surface area contributed by atoms with E-state index in [1.54, 1.807) is 49.4 Å². The molecule has 1 atom stereocenters. The van der Waals surface area contributed by atoms with Crippen molar-refractivity contribution in [1.82, 2.24) is 4.57 Å². The molecule has 2 aromatic heterocycles. The number of nitrogens with zero attached hydrogens (tertiary/aromatic N) is 3. The van der Waals surface area contributed by atoms with Gasteiger partial charge in [-0.15, -0.1) is 0 Å². The summed E-state index contributed by atoms with van der Waals surface area (Å²) in [5.41, 5.74) is 2.02. The topological polar surface area (TPSA) is 135 Å². The molecule has 0 bridgehead atoms. The van der Waals surface area contributed by atoms with Crippen molar-refractivity contribution >= 4 is 50.7 Å². The minimum atomic E-state index is -0.911. The number of nitro groups is 1. The second-order valence-corrected chi connectivity index (χ2v) is 12.0. The van der Waals surface area contributed by atoms with Gasteiger partial charge in [0.25, 0.3) is 11.2 Å². The summed E-state index contributed by atoms with van der Waals surface area (Å²) in [6, 6.07) is 21.4. The predicted octanol–water partition coefficient (Wildman–Crippen LogP) is 5.88. The fraction of sp³-hybridized carbons (Fsp3) is 0.147. The number of rotatable bonds is 9. The molecule has 0 saturated heterocycles. The molecule has 47 heavy (non-hydrogen) atoms. The van der Waals surface area contributed by atoms with Crippen LogP contribution in [-0.2, 0) is 9.53 Å². The van der Waals surface area contributed by atoms with Crippen LogP contribution >= 0.6 is 27.3 Å². The van der Waals surface area contributed by atoms with Gasteiger partial charge >= 0.3 is 5.97 Å². The lowest BCUT2D eigenvalue weighted by atomic mass is 9.93. The molecule has 1 aliphatic heterocycles. The number of fused-ring (bicyclic) bond motifs is 1. The number of furan rings is 1. The van der Waals surface area contributed by atoms with E-state index in [4.69, 9.17) is 23.6 Å². The first-order chi connectivity index (χ1) is 22.7. The Bertz CT molecular complexity index is 2240. The monoisotopic (exact) mass is 715 g/mol. The second-order valence-electron chi connectivity index (χ2n) is 10.2. The average molecular weight is 717 g/mol. The third kappa shape index (κ3) is 6.02. The molecule has 0 aliphatic carbocycles. The number of nitro benzene ring substituents is 1. The van der Waals surface area contributed by atoms with Gasteiger partial charge in [0.05, 0.1) is 47.6 Å². The number of aromatic nitrogens is 1. The van der Waals surface area contributed by atoms with Gasteiger partial charge in [-0.05, 0) is 58.7 Å². The molecule has 0 spiro atoms. The lowest BCUT2D eigenvalue weighted by Gasteiger charge is -2.26. The number of methoxy groups -OCH3 is 2. The smallest absolute Gasteiger partial charge is 0.338 e. The number of benzene rings is 3. The molecule has 3 heterocycles. The fourth-order valence-electron chi connectivity index (χ4n) is 5.30. The van der Waals surface area contributed by atoms with Gasteiger partial charge in [-0.25, -0.2) is 9.79 Å². The summed E-state index contributed by atoms with van der Waals surface area (Å²) in [6.07, 6.45) is 1.61. The number of hydrogen-bond acceptors (Lipinski definition) is 10. The van der Waals surface area contributed by atoms with Crippen molar-refractivity contribution in [2.24, 2.45) is 4.99 Å². The van der Waals surface area contributed by atoms with E-state index < -0.39 is 22.5 Å². The summed E-state index contributed by atoms with van der Waals surface area (Å²) in [6.45, 7) is 1.84. The first-order valence-corrected chi connectivity index (χ1v) is 15.9. The summed E-state index contributed by atoms with van der Waals surface area (Å²) in [5.74, 6) is 1.14. The molecule has 1 aliphatic rings. The van der Waals surface area contributed by atoms with Crippen LogP contribution in [0.3, 0.4) is 0 Å². The van der Waals surface area contributed by atoms with E-state index in [1.807, 2.05) is 30.3 Å². The van der Waals surface area contributed by atoms with Crippen molar-refractivity contribution in [3.8, 4) is 22.8 Å². The number of carbonyl (C=O) groups excluding carboxylic acids is 1. The van der Waals surface area contributed by atoms with E-state index in [9.17, 15) is 19.7 Å². The van der Waals surface area contributed by atoms with Gasteiger partial charge in [0.15, 0.2) is 16.3 Å². The van der Waals surface area contributed by atoms with E-state index >= 15 is 0 Å². The van der Waals surface area contributed by atoms with Crippen LogP contribution < -0.4 is 24.4 Å². The van der Waals surface area contributed by atoms with Crippen molar-refractivity contribution in [2.75, 3.05) is 20.8 Å². The summed E-state index contributed by atoms with van der Waals surface area (Å²) in [5, 5.41) is 11.2. The summed E-state index contributed by atoms with van der Waals surface area (Å²) >= 11 is 4.54. The molecular weight excluding hydrogens is 690 g/mol. The molecule has 0 fully saturated rings. The van der Waals surface area contributed by atoms with Gasteiger partial charge in [-0.2, -0.15) is 0 Å². The number of carbonyl (C=O) groups is 1. The number of esters is 1. The molecule has 13 heteroatoms. The Hall–Kier alpha value is -5.27. The first-order valence-electron chi connectivity index (χ1n) is 14.3. The molecule has 0 radical (unpaired) electrons. The molecular formula is C34H26BrN3O8S. The standard InChI is InChI=1S/C34H26BrN3O8S/c1-4-45-33(40)29-30(19-8-6-5-7-9-19)36-34-37(31(29)20-10-14-26(43-2)27(16-20)44-3)32(39)28(47-34)18-22-12-15-25(46-22)23-13-11-21(38(41)42)17-24(23)35/h5-18,31H,4H2,1-3H3/b28-18-. The minimum absolute atomic E-state index is 0.0605. The highest BCUT2D eigenvalue weighted by atomic mass is 79.9. The van der Waals surface area contributed by atoms with Crippen molar-refractivity contribution in [3.05, 3.63) is 136 Å². The zero-order valence-electron chi connectivity index (χ0n) is 25.3. The average Bonchev–Trinajstić information content (AvgIpc) is 3.67. The van der Waals surface area contributed by atoms with Crippen molar-refractivity contribution in [1.29, 1.82) is 0 Å². The Labute approximate surface area is 280 Å². The summed E-state index contributed by atoms with van der Waals surface area (Å²) in [4.78, 5) is 43.8. The van der Waals surface area contributed by atoms with E-state index in [2.05, 4.69) is 15.9 Å². The molecule has 0 amide bonds. The molecule has 6 rings (SSSR count). The van der Waals surface area contributed by atoms with Crippen molar-refractivity contribution < 1.29 is 28.3 Å². The number of ether oxygens (including phenoxy) is 3. The number of non-ortho nitro benzene ring substituents is 1. The second kappa shape index (κ2) is 13.2. The Morgan fingerprint density at radius 3 is 2.51 bits per heavy atom. The van der Waals surface area contributed by atoms with E-state index in [1.165, 1.54) is 30.9 Å². The molecule has 1 unspecified atom stereocenters. The minimum Gasteiger partial charge on any atom is -0.493 e. The lowest BCUT2D eigenvalue weighted by molar-refractivity contribution is -0.384. The van der Waals surface area contributed by atoms with Crippen molar-refractivity contribution in [3.63, 3.8) is 0 Å². The van der Waals surface area contributed by atoms with Crippen LogP contribution in [0, 0.1) is 10.1 Å². The van der Waals surface area contributed by atoms with Crippen LogP contribution in [0.1, 0.15) is 29.9 Å². The van der Waals surface area contributed by atoms with Gasteiger partial charge in [-0.3, -0.25) is 19.5 Å². The van der Waals surface area contributed by atoms with Crippen LogP contribution in [0.5, 0.6) is 11.5 Å². The van der Waals surface area contributed by atoms with Gasteiger partial charge in [0.1, 0.15) is 11.5 Å². The van der Waals surface area contributed by atoms with Crippen molar-refractivity contribution in [2.45, 2.75) is 13.0 Å². The van der Waals surface area contributed by atoms with Crippen LogP contribution in [0.2, 0.25) is 0 Å². The Morgan fingerprint density at radius 1 is 1.06 bits per heavy atom. The Kier molecular flexibility index (Phi) is 8.92. The van der Waals surface area contributed by atoms with E-state index in [0.29, 0.717) is 59.2 Å². The highest BCUT2D eigenvalue weighted by Crippen LogP contribution is 2.38. The predicted molar refractivity (Wildman–Crippen MR) is 179 cm³/mol. The van der Waals surface area contributed by atoms with Gasteiger partial charge < -0.3 is 18.6 Å². The van der Waals surface area contributed by atoms with Crippen LogP contribution in [0.4, 0.5) is 5.69 Å². The third-order valence-corrected chi connectivity index (χ3v) is 9.07. The number of hydrogen-bond donors (Lipinski definition) is 0. The number of halogens is 1. The highest BCUT2D eigenvalue weighted by Gasteiger charge is 2.35. The van der Waals surface area contributed by atoms with Gasteiger partial charge in [-0.1, -0.05) is 47.7 Å². The van der Waals surface area contributed by atoms with E-state index in [0.717, 1.165) is 11.3 Å². The largest absolute Gasteiger partial charge is 0.493 e. The quantitative estimate of drug-likeness (QED) is 0.105. The van der Waals surface area contributed by atoms with Crippen LogP contribution in [-0.4, -0.2) is 36.3 Å². The van der Waals surface area contributed by atoms with Gasteiger partial charge in [0, 0.05) is 33.8 Å². The van der Waals surface area contributed by atoms with E-state index in [-0.39, 0.29) is 17.9 Å². The molecule has 3 aromatic carbocycles. The summed E-state index contributed by atoms with van der Waals surface area (Å²) < 4.78 is 24.9. The maximum absolute atomic E-state index is 14.2. The molecule has 238 valence electrons. The SMILES string of the molecule is CCOC(=O)C1=C(c2ccccc2)N=c2s/c(=C\c3ccc(-c4ccc([N+](=O)[O-])cc4Br)o3)c(=O)n2C1c1ccc(OC)c(OC)c1. The lowest BCUT2D eigenvalue weighted by Crippen LogP contribution is -2.40. The molecule has 0 saturated carbocycles. The number of thiazole rings is 1. The zero-order chi connectivity index (χ0) is 33.2. The molecule has 0 N–H and O–H groups in total. The summed E-state index contributed by atoms with van der Waals surface area (Å²) in [7, 11) is 3.04. The fourth-order valence-corrected chi connectivity index (χ4v) is 6.84. The normalized spacial score (nSPS) is 14.4. The van der Waals surface area contributed by atoms with Crippen LogP contribution in [0.15, 0.2) is 103 Å². The maximum Gasteiger partial charge on any atom is 0.338 e. The maximum atomic E-state index is 14.2.